The largest absolute Gasteiger partial charge is 0.309 e. The van der Waals surface area contributed by atoms with Crippen molar-refractivity contribution in [1.29, 1.82) is 0 Å². The van der Waals surface area contributed by atoms with E-state index in [1.165, 1.54) is 12.0 Å². The Balaban J connectivity index is 2.58. The molecule has 0 aromatic heterocycles. The Bertz CT molecular complexity index is 377. The predicted molar refractivity (Wildman–Crippen MR) is 84.2 cm³/mol. The molecule has 0 amide bonds. The van der Waals surface area contributed by atoms with Crippen LogP contribution in [0, 0.1) is 12.3 Å². The maximum absolute atomic E-state index is 3.98. The molecule has 1 aromatic carbocycles. The van der Waals surface area contributed by atoms with Crippen LogP contribution in [0.2, 0.25) is 0 Å². The molecule has 0 aliphatic rings. The van der Waals surface area contributed by atoms with Crippen LogP contribution in [0.5, 0.6) is 0 Å². The minimum atomic E-state index is 0.276. The van der Waals surface area contributed by atoms with E-state index >= 15 is 0 Å². The minimum absolute atomic E-state index is 0.276. The Kier molecular flexibility index (Phi) is 6.02. The van der Waals surface area contributed by atoms with Crippen LogP contribution in [0.3, 0.4) is 0 Å². The zero-order chi connectivity index (χ0) is 14.5. The molecule has 0 saturated carbocycles. The lowest BCUT2D eigenvalue weighted by molar-refractivity contribution is 0.231. The Morgan fingerprint density at radius 1 is 1.26 bits per heavy atom. The number of benzene rings is 1. The van der Waals surface area contributed by atoms with Gasteiger partial charge in [-0.15, -0.1) is 0 Å². The van der Waals surface area contributed by atoms with Crippen molar-refractivity contribution in [1.82, 2.24) is 10.2 Å². The molecule has 1 aromatic rings. The SMILES string of the molecule is [CH2]c1cccc(CN[C@@H](CCN(C)C)C(C)(C)C)c1. The zero-order valence-corrected chi connectivity index (χ0v) is 13.2. The van der Waals surface area contributed by atoms with Gasteiger partial charge >= 0.3 is 0 Å². The molecule has 107 valence electrons. The summed E-state index contributed by atoms with van der Waals surface area (Å²) in [7, 11) is 4.26. The summed E-state index contributed by atoms with van der Waals surface area (Å²) in [6.45, 7) is 12.9. The lowest BCUT2D eigenvalue weighted by Crippen LogP contribution is -2.41. The Hall–Kier alpha value is -0.860. The Labute approximate surface area is 119 Å². The number of nitrogens with zero attached hydrogens (tertiary/aromatic N) is 1. The summed E-state index contributed by atoms with van der Waals surface area (Å²) in [4.78, 5) is 2.25. The molecule has 0 unspecified atom stereocenters. The van der Waals surface area contributed by atoms with E-state index in [-0.39, 0.29) is 5.41 Å². The third kappa shape index (κ3) is 6.22. The first-order valence-corrected chi connectivity index (χ1v) is 7.08. The van der Waals surface area contributed by atoms with Crippen molar-refractivity contribution in [3.05, 3.63) is 42.3 Å². The average Bonchev–Trinajstić information content (AvgIpc) is 2.26. The van der Waals surface area contributed by atoms with Gasteiger partial charge in [-0.2, -0.15) is 0 Å². The van der Waals surface area contributed by atoms with Crippen LogP contribution in [0.1, 0.15) is 38.3 Å². The summed E-state index contributed by atoms with van der Waals surface area (Å²) in [6.07, 6.45) is 1.17. The molecule has 0 saturated heterocycles. The molecule has 2 nitrogen and oxygen atoms in total. The lowest BCUT2D eigenvalue weighted by atomic mass is 9.84. The van der Waals surface area contributed by atoms with Crippen molar-refractivity contribution in [2.75, 3.05) is 20.6 Å². The standard InChI is InChI=1S/C17H29N2/c1-14-8-7-9-15(12-14)13-18-16(17(2,3)4)10-11-19(5)6/h7-9,12,16,18H,1,10-11,13H2,2-6H3/t16-/m0/s1. The third-order valence-corrected chi connectivity index (χ3v) is 3.45. The number of hydrogen-bond acceptors (Lipinski definition) is 2. The average molecular weight is 261 g/mol. The summed E-state index contributed by atoms with van der Waals surface area (Å²) in [5.74, 6) is 0. The van der Waals surface area contributed by atoms with Crippen molar-refractivity contribution in [2.45, 2.75) is 39.8 Å². The van der Waals surface area contributed by atoms with E-state index in [0.29, 0.717) is 6.04 Å². The van der Waals surface area contributed by atoms with Gasteiger partial charge in [0.05, 0.1) is 0 Å². The van der Waals surface area contributed by atoms with Gasteiger partial charge in [0.2, 0.25) is 0 Å². The molecule has 1 atom stereocenters. The van der Waals surface area contributed by atoms with Crippen LogP contribution < -0.4 is 5.32 Å². The van der Waals surface area contributed by atoms with Crippen LogP contribution >= 0.6 is 0 Å². The molecule has 0 bridgehead atoms. The van der Waals surface area contributed by atoms with Crippen LogP contribution in [0.15, 0.2) is 24.3 Å². The van der Waals surface area contributed by atoms with E-state index < -0.39 is 0 Å². The van der Waals surface area contributed by atoms with Gasteiger partial charge in [0, 0.05) is 12.6 Å². The quantitative estimate of drug-likeness (QED) is 0.845. The van der Waals surface area contributed by atoms with Crippen molar-refractivity contribution < 1.29 is 0 Å². The summed E-state index contributed by atoms with van der Waals surface area (Å²) >= 11 is 0. The van der Waals surface area contributed by atoms with Gasteiger partial charge in [0.15, 0.2) is 0 Å². The smallest absolute Gasteiger partial charge is 0.0208 e. The van der Waals surface area contributed by atoms with Gasteiger partial charge in [-0.05, 0) is 50.5 Å². The van der Waals surface area contributed by atoms with Crippen LogP contribution in [0.4, 0.5) is 0 Å². The van der Waals surface area contributed by atoms with E-state index in [2.05, 4.69) is 70.2 Å². The number of nitrogens with one attached hydrogen (secondary N) is 1. The topological polar surface area (TPSA) is 15.3 Å². The van der Waals surface area contributed by atoms with E-state index in [1.54, 1.807) is 0 Å². The van der Waals surface area contributed by atoms with E-state index in [0.717, 1.165) is 18.7 Å². The van der Waals surface area contributed by atoms with Gasteiger partial charge in [-0.25, -0.2) is 0 Å². The first kappa shape index (κ1) is 16.2. The molecule has 0 aliphatic carbocycles. The summed E-state index contributed by atoms with van der Waals surface area (Å²) < 4.78 is 0. The van der Waals surface area contributed by atoms with Gasteiger partial charge in [0.25, 0.3) is 0 Å². The molecule has 1 radical (unpaired) electrons. The van der Waals surface area contributed by atoms with E-state index in [4.69, 9.17) is 0 Å². The zero-order valence-electron chi connectivity index (χ0n) is 13.2. The molecule has 0 aliphatic heterocycles. The van der Waals surface area contributed by atoms with E-state index in [1.807, 2.05) is 6.07 Å². The molecule has 0 heterocycles. The predicted octanol–water partition coefficient (Wildman–Crippen LogP) is 3.32. The molecule has 19 heavy (non-hydrogen) atoms. The molecular weight excluding hydrogens is 232 g/mol. The summed E-state index contributed by atoms with van der Waals surface area (Å²) in [5, 5.41) is 3.70. The van der Waals surface area contributed by atoms with Gasteiger partial charge in [0.1, 0.15) is 0 Å². The Morgan fingerprint density at radius 2 is 1.95 bits per heavy atom. The molecule has 0 spiro atoms. The monoisotopic (exact) mass is 261 g/mol. The summed E-state index contributed by atoms with van der Waals surface area (Å²) in [5.41, 5.74) is 2.67. The first-order valence-electron chi connectivity index (χ1n) is 7.08. The second kappa shape index (κ2) is 7.06. The van der Waals surface area contributed by atoms with Crippen molar-refractivity contribution in [3.63, 3.8) is 0 Å². The maximum Gasteiger partial charge on any atom is 0.0208 e. The number of rotatable bonds is 6. The normalized spacial score (nSPS) is 13.8. The van der Waals surface area contributed by atoms with Crippen molar-refractivity contribution in [2.24, 2.45) is 5.41 Å². The second-order valence-corrected chi connectivity index (χ2v) is 6.71. The lowest BCUT2D eigenvalue weighted by Gasteiger charge is -2.32. The van der Waals surface area contributed by atoms with E-state index in [9.17, 15) is 0 Å². The highest BCUT2D eigenvalue weighted by atomic mass is 15.1. The van der Waals surface area contributed by atoms with Crippen LogP contribution in [-0.2, 0) is 6.54 Å². The fourth-order valence-corrected chi connectivity index (χ4v) is 2.21. The highest BCUT2D eigenvalue weighted by Crippen LogP contribution is 2.22. The Morgan fingerprint density at radius 3 is 2.47 bits per heavy atom. The minimum Gasteiger partial charge on any atom is -0.309 e. The number of hydrogen-bond donors (Lipinski definition) is 1. The van der Waals surface area contributed by atoms with Crippen LogP contribution in [-0.4, -0.2) is 31.6 Å². The maximum atomic E-state index is 3.98. The third-order valence-electron chi connectivity index (χ3n) is 3.45. The second-order valence-electron chi connectivity index (χ2n) is 6.71. The molecule has 0 fully saturated rings. The highest BCUT2D eigenvalue weighted by Gasteiger charge is 2.23. The van der Waals surface area contributed by atoms with Gasteiger partial charge in [-0.3, -0.25) is 0 Å². The summed E-state index contributed by atoms with van der Waals surface area (Å²) in [6, 6.07) is 8.94. The van der Waals surface area contributed by atoms with Crippen molar-refractivity contribution >= 4 is 0 Å². The molecule has 2 heteroatoms. The van der Waals surface area contributed by atoms with Gasteiger partial charge in [-0.1, -0.05) is 45.0 Å². The first-order chi connectivity index (χ1) is 8.79. The highest BCUT2D eigenvalue weighted by molar-refractivity contribution is 5.25. The van der Waals surface area contributed by atoms with Crippen molar-refractivity contribution in [3.8, 4) is 0 Å². The fraction of sp³-hybridized carbons (Fsp3) is 0.588. The fourth-order valence-electron chi connectivity index (χ4n) is 2.21. The molecular formula is C17H29N2. The molecule has 1 rings (SSSR count). The molecule has 1 N–H and O–H groups in total. The van der Waals surface area contributed by atoms with Crippen LogP contribution in [0.25, 0.3) is 0 Å². The van der Waals surface area contributed by atoms with Gasteiger partial charge < -0.3 is 10.2 Å².